The molecule has 0 aromatic carbocycles. The van der Waals surface area contributed by atoms with E-state index in [0.29, 0.717) is 0 Å². The van der Waals surface area contributed by atoms with Gasteiger partial charge in [0.1, 0.15) is 0 Å². The van der Waals surface area contributed by atoms with Crippen LogP contribution in [-0.4, -0.2) is 9.97 Å². The van der Waals surface area contributed by atoms with E-state index in [-0.39, 0.29) is 12.1 Å². The van der Waals surface area contributed by atoms with Crippen LogP contribution >= 0.6 is 0 Å². The van der Waals surface area contributed by atoms with E-state index in [2.05, 4.69) is 16.9 Å². The van der Waals surface area contributed by atoms with Crippen LogP contribution in [0.25, 0.3) is 0 Å². The first-order valence-corrected chi connectivity index (χ1v) is 4.70. The molecule has 0 amide bonds. The summed E-state index contributed by atoms with van der Waals surface area (Å²) in [6.07, 6.45) is 3.63. The Bertz CT molecular complexity index is 347. The Labute approximate surface area is 89.8 Å². The van der Waals surface area contributed by atoms with Gasteiger partial charge in [0.15, 0.2) is 0 Å². The number of pyridine rings is 2. The maximum Gasteiger partial charge on any atom is 0.0491 e. The Morgan fingerprint density at radius 3 is 1.67 bits per heavy atom. The molecule has 15 heavy (non-hydrogen) atoms. The normalized spacial score (nSPS) is 9.73. The number of hydrogen-bond acceptors (Lipinski definition) is 3. The standard InChI is InChI=1S/C12H12N2.H3N/c1-10(11-6-2-4-8-13-11)12-7-3-5-9-14-12;/h2-10H,1H3;1H3. The highest BCUT2D eigenvalue weighted by molar-refractivity contribution is 5.21. The van der Waals surface area contributed by atoms with Gasteiger partial charge in [-0.2, -0.15) is 0 Å². The minimum atomic E-state index is 0. The number of rotatable bonds is 2. The molecule has 2 aromatic heterocycles. The molecular weight excluding hydrogens is 186 g/mol. The van der Waals surface area contributed by atoms with Gasteiger partial charge >= 0.3 is 0 Å². The van der Waals surface area contributed by atoms with E-state index in [9.17, 15) is 0 Å². The lowest BCUT2D eigenvalue weighted by atomic mass is 10.0. The van der Waals surface area contributed by atoms with Crippen LogP contribution in [-0.2, 0) is 0 Å². The van der Waals surface area contributed by atoms with E-state index < -0.39 is 0 Å². The predicted octanol–water partition coefficient (Wildman–Crippen LogP) is 2.79. The molecule has 0 aliphatic rings. The molecule has 0 bridgehead atoms. The van der Waals surface area contributed by atoms with Gasteiger partial charge < -0.3 is 6.15 Å². The van der Waals surface area contributed by atoms with Crippen LogP contribution in [0.4, 0.5) is 0 Å². The molecule has 0 aliphatic carbocycles. The minimum Gasteiger partial charge on any atom is -0.344 e. The van der Waals surface area contributed by atoms with Gasteiger partial charge in [-0.05, 0) is 24.3 Å². The number of aromatic nitrogens is 2. The number of hydrogen-bond donors (Lipinski definition) is 1. The molecule has 0 atom stereocenters. The SMILES string of the molecule is CC(c1ccccn1)c1ccccn1.N. The van der Waals surface area contributed by atoms with Crippen molar-refractivity contribution in [3.05, 3.63) is 60.2 Å². The largest absolute Gasteiger partial charge is 0.344 e. The highest BCUT2D eigenvalue weighted by Crippen LogP contribution is 2.19. The van der Waals surface area contributed by atoms with Crippen LogP contribution in [0.15, 0.2) is 48.8 Å². The molecule has 3 nitrogen and oxygen atoms in total. The summed E-state index contributed by atoms with van der Waals surface area (Å²) in [4.78, 5) is 8.63. The molecule has 2 aromatic rings. The van der Waals surface area contributed by atoms with E-state index in [1.807, 2.05) is 48.8 Å². The first kappa shape index (κ1) is 11.3. The molecule has 0 spiro atoms. The quantitative estimate of drug-likeness (QED) is 0.812. The minimum absolute atomic E-state index is 0. The molecule has 3 heteroatoms. The summed E-state index contributed by atoms with van der Waals surface area (Å²) in [5.74, 6) is 0.261. The van der Waals surface area contributed by atoms with E-state index in [4.69, 9.17) is 0 Å². The Morgan fingerprint density at radius 1 is 0.867 bits per heavy atom. The van der Waals surface area contributed by atoms with Gasteiger partial charge in [-0.3, -0.25) is 9.97 Å². The third-order valence-electron chi connectivity index (χ3n) is 2.26. The summed E-state index contributed by atoms with van der Waals surface area (Å²) in [5.41, 5.74) is 2.12. The fraction of sp³-hybridized carbons (Fsp3) is 0.167. The lowest BCUT2D eigenvalue weighted by Crippen LogP contribution is -2.00. The lowest BCUT2D eigenvalue weighted by Gasteiger charge is -2.09. The first-order valence-electron chi connectivity index (χ1n) is 4.70. The summed E-state index contributed by atoms with van der Waals surface area (Å²) in [6, 6.07) is 11.9. The van der Waals surface area contributed by atoms with Crippen LogP contribution in [0.5, 0.6) is 0 Å². The molecule has 0 saturated carbocycles. The van der Waals surface area contributed by atoms with Crippen LogP contribution in [0.1, 0.15) is 24.2 Å². The summed E-state index contributed by atoms with van der Waals surface area (Å²) < 4.78 is 0. The van der Waals surface area contributed by atoms with Gasteiger partial charge in [-0.25, -0.2) is 0 Å². The average molecular weight is 201 g/mol. The van der Waals surface area contributed by atoms with Gasteiger partial charge in [0.25, 0.3) is 0 Å². The van der Waals surface area contributed by atoms with Crippen molar-refractivity contribution in [1.82, 2.24) is 16.1 Å². The third kappa shape index (κ3) is 2.60. The first-order chi connectivity index (χ1) is 6.88. The van der Waals surface area contributed by atoms with Gasteiger partial charge in [-0.1, -0.05) is 19.1 Å². The zero-order valence-corrected chi connectivity index (χ0v) is 8.80. The van der Waals surface area contributed by atoms with Crippen molar-refractivity contribution < 1.29 is 0 Å². The van der Waals surface area contributed by atoms with Crippen molar-refractivity contribution in [2.24, 2.45) is 0 Å². The Balaban J connectivity index is 0.00000112. The predicted molar refractivity (Wildman–Crippen MR) is 61.0 cm³/mol. The Morgan fingerprint density at radius 2 is 1.33 bits per heavy atom. The zero-order valence-electron chi connectivity index (χ0n) is 8.80. The second-order valence-corrected chi connectivity index (χ2v) is 3.23. The van der Waals surface area contributed by atoms with E-state index in [0.717, 1.165) is 11.4 Å². The lowest BCUT2D eigenvalue weighted by molar-refractivity contribution is 0.832. The fourth-order valence-corrected chi connectivity index (χ4v) is 1.42. The third-order valence-corrected chi connectivity index (χ3v) is 2.26. The monoisotopic (exact) mass is 201 g/mol. The molecule has 0 aliphatic heterocycles. The Hall–Kier alpha value is -1.74. The molecule has 0 unspecified atom stereocenters. The molecule has 2 rings (SSSR count). The molecule has 3 N–H and O–H groups in total. The van der Waals surface area contributed by atoms with Gasteiger partial charge in [0.2, 0.25) is 0 Å². The zero-order chi connectivity index (χ0) is 9.80. The summed E-state index contributed by atoms with van der Waals surface area (Å²) >= 11 is 0. The Kier molecular flexibility index (Phi) is 3.94. The molecule has 0 fully saturated rings. The smallest absolute Gasteiger partial charge is 0.0491 e. The molecular formula is C12H15N3. The topological polar surface area (TPSA) is 60.8 Å². The van der Waals surface area contributed by atoms with E-state index >= 15 is 0 Å². The van der Waals surface area contributed by atoms with Crippen molar-refractivity contribution in [3.63, 3.8) is 0 Å². The second kappa shape index (κ2) is 5.22. The van der Waals surface area contributed by atoms with Crippen LogP contribution in [0, 0.1) is 0 Å². The van der Waals surface area contributed by atoms with Crippen LogP contribution in [0.2, 0.25) is 0 Å². The molecule has 78 valence electrons. The molecule has 2 heterocycles. The molecule has 0 saturated heterocycles. The summed E-state index contributed by atoms with van der Waals surface area (Å²) in [6.45, 7) is 2.12. The van der Waals surface area contributed by atoms with Gasteiger partial charge in [0, 0.05) is 29.7 Å². The van der Waals surface area contributed by atoms with E-state index in [1.165, 1.54) is 0 Å². The van der Waals surface area contributed by atoms with Crippen molar-refractivity contribution in [2.45, 2.75) is 12.8 Å². The van der Waals surface area contributed by atoms with Crippen LogP contribution in [0.3, 0.4) is 0 Å². The van der Waals surface area contributed by atoms with Crippen molar-refractivity contribution in [1.29, 1.82) is 0 Å². The fourth-order valence-electron chi connectivity index (χ4n) is 1.42. The van der Waals surface area contributed by atoms with E-state index in [1.54, 1.807) is 0 Å². The maximum atomic E-state index is 4.32. The van der Waals surface area contributed by atoms with Crippen LogP contribution < -0.4 is 6.15 Å². The average Bonchev–Trinajstić information content (AvgIpc) is 2.30. The second-order valence-electron chi connectivity index (χ2n) is 3.23. The highest BCUT2D eigenvalue weighted by atomic mass is 14.7. The number of nitrogens with zero attached hydrogens (tertiary/aromatic N) is 2. The molecule has 0 radical (unpaired) electrons. The summed E-state index contributed by atoms with van der Waals surface area (Å²) in [5, 5.41) is 0. The van der Waals surface area contributed by atoms with Crippen molar-refractivity contribution >= 4 is 0 Å². The maximum absolute atomic E-state index is 4.32. The van der Waals surface area contributed by atoms with Gasteiger partial charge in [-0.15, -0.1) is 0 Å². The van der Waals surface area contributed by atoms with Gasteiger partial charge in [0.05, 0.1) is 0 Å². The van der Waals surface area contributed by atoms with Crippen molar-refractivity contribution in [3.8, 4) is 0 Å². The highest BCUT2D eigenvalue weighted by Gasteiger charge is 2.09. The summed E-state index contributed by atoms with van der Waals surface area (Å²) in [7, 11) is 0. The van der Waals surface area contributed by atoms with Crippen molar-refractivity contribution in [2.75, 3.05) is 0 Å².